The molecule has 2 N–H and O–H groups in total. The average molecular weight is 272 g/mol. The number of hydrogen-bond donors (Lipinski definition) is 2. The first-order valence-electron chi connectivity index (χ1n) is 7.95. The van der Waals surface area contributed by atoms with Gasteiger partial charge in [-0.1, -0.05) is 30.3 Å². The minimum absolute atomic E-state index is 0.214. The molecule has 0 bridgehead atoms. The van der Waals surface area contributed by atoms with Crippen molar-refractivity contribution in [2.45, 2.75) is 76.0 Å². The Morgan fingerprint density at radius 3 is 2.35 bits per heavy atom. The van der Waals surface area contributed by atoms with Crippen LogP contribution in [-0.2, 0) is 0 Å². The van der Waals surface area contributed by atoms with Gasteiger partial charge in [-0.15, -0.1) is 0 Å². The molecule has 2 saturated carbocycles. The van der Waals surface area contributed by atoms with Gasteiger partial charge in [0.05, 0.1) is 0 Å². The van der Waals surface area contributed by atoms with Crippen molar-refractivity contribution in [3.05, 3.63) is 35.9 Å². The summed E-state index contributed by atoms with van der Waals surface area (Å²) in [6, 6.07) is 12.3. The minimum Gasteiger partial charge on any atom is -0.310 e. The van der Waals surface area contributed by atoms with E-state index in [0.29, 0.717) is 17.6 Å². The van der Waals surface area contributed by atoms with Crippen molar-refractivity contribution in [3.8, 4) is 0 Å². The topological polar surface area (TPSA) is 24.1 Å². The van der Waals surface area contributed by atoms with Crippen LogP contribution in [-0.4, -0.2) is 23.2 Å². The molecule has 110 valence electrons. The molecule has 0 aromatic heterocycles. The molecule has 1 aromatic rings. The van der Waals surface area contributed by atoms with Crippen molar-refractivity contribution in [1.29, 1.82) is 0 Å². The van der Waals surface area contributed by atoms with E-state index in [2.05, 4.69) is 68.7 Å². The summed E-state index contributed by atoms with van der Waals surface area (Å²) in [5.41, 5.74) is 2.04. The SMILES string of the molecule is CC(C)(C)N[C@]1(C)C[C@H](N[C@@H]2C[C@H]2c2ccccc2)C1. The standard InChI is InChI=1S/C18H28N2/c1-17(2,3)20-18(4)11-14(12-18)19-16-10-15(16)13-8-6-5-7-9-13/h5-9,14-16,19-20H,10-12H2,1-4H3/t14-,15-,16+,18+/m0/s1. The fourth-order valence-corrected chi connectivity index (χ4v) is 3.90. The van der Waals surface area contributed by atoms with Gasteiger partial charge in [0.25, 0.3) is 0 Å². The van der Waals surface area contributed by atoms with Gasteiger partial charge in [-0.3, -0.25) is 0 Å². The second-order valence-electron chi connectivity index (χ2n) is 8.07. The highest BCUT2D eigenvalue weighted by Crippen LogP contribution is 2.43. The van der Waals surface area contributed by atoms with Crippen LogP contribution in [0.3, 0.4) is 0 Å². The molecule has 2 aliphatic rings. The van der Waals surface area contributed by atoms with Gasteiger partial charge < -0.3 is 10.6 Å². The van der Waals surface area contributed by atoms with Crippen LogP contribution in [0.1, 0.15) is 58.4 Å². The molecule has 2 heteroatoms. The Hall–Kier alpha value is -0.860. The lowest BCUT2D eigenvalue weighted by Gasteiger charge is -2.50. The molecule has 0 aliphatic heterocycles. The molecule has 1 aromatic carbocycles. The third-order valence-electron chi connectivity index (χ3n) is 4.54. The maximum Gasteiger partial charge on any atom is 0.0187 e. The quantitative estimate of drug-likeness (QED) is 0.877. The Morgan fingerprint density at radius 1 is 1.10 bits per heavy atom. The zero-order valence-corrected chi connectivity index (χ0v) is 13.2. The van der Waals surface area contributed by atoms with Crippen molar-refractivity contribution in [1.82, 2.24) is 10.6 Å². The van der Waals surface area contributed by atoms with Gasteiger partial charge in [0.15, 0.2) is 0 Å². The molecular weight excluding hydrogens is 244 g/mol. The van der Waals surface area contributed by atoms with E-state index in [1.54, 1.807) is 0 Å². The first-order chi connectivity index (χ1) is 9.35. The lowest BCUT2D eigenvalue weighted by molar-refractivity contribution is 0.114. The fourth-order valence-electron chi connectivity index (χ4n) is 3.90. The second-order valence-corrected chi connectivity index (χ2v) is 8.07. The van der Waals surface area contributed by atoms with Crippen molar-refractivity contribution in [3.63, 3.8) is 0 Å². The summed E-state index contributed by atoms with van der Waals surface area (Å²) in [7, 11) is 0. The van der Waals surface area contributed by atoms with Crippen LogP contribution in [0.25, 0.3) is 0 Å². The van der Waals surface area contributed by atoms with Gasteiger partial charge >= 0.3 is 0 Å². The first kappa shape index (κ1) is 14.1. The summed E-state index contributed by atoms with van der Waals surface area (Å²) in [6.07, 6.45) is 3.81. The van der Waals surface area contributed by atoms with E-state index in [-0.39, 0.29) is 5.54 Å². The first-order valence-corrected chi connectivity index (χ1v) is 7.95. The predicted octanol–water partition coefficient (Wildman–Crippen LogP) is 3.44. The molecule has 0 amide bonds. The third-order valence-corrected chi connectivity index (χ3v) is 4.54. The molecule has 3 rings (SSSR count). The monoisotopic (exact) mass is 272 g/mol. The molecule has 2 aliphatic carbocycles. The summed E-state index contributed by atoms with van der Waals surface area (Å²) in [4.78, 5) is 0. The van der Waals surface area contributed by atoms with E-state index in [0.717, 1.165) is 5.92 Å². The normalized spacial score (nSPS) is 36.5. The summed E-state index contributed by atoms with van der Waals surface area (Å²) in [6.45, 7) is 9.12. The molecule has 0 spiro atoms. The third kappa shape index (κ3) is 3.24. The van der Waals surface area contributed by atoms with Crippen LogP contribution in [0.4, 0.5) is 0 Å². The van der Waals surface area contributed by atoms with Crippen LogP contribution in [0.5, 0.6) is 0 Å². The Kier molecular flexibility index (Phi) is 3.42. The maximum absolute atomic E-state index is 3.84. The molecule has 2 atom stereocenters. The lowest BCUT2D eigenvalue weighted by atomic mass is 9.72. The van der Waals surface area contributed by atoms with Crippen molar-refractivity contribution in [2.24, 2.45) is 0 Å². The number of nitrogens with one attached hydrogen (secondary N) is 2. The van der Waals surface area contributed by atoms with Crippen molar-refractivity contribution >= 4 is 0 Å². The molecule has 2 nitrogen and oxygen atoms in total. The Bertz CT molecular complexity index is 454. The average Bonchev–Trinajstić information content (AvgIpc) is 3.05. The highest BCUT2D eigenvalue weighted by Gasteiger charge is 2.46. The van der Waals surface area contributed by atoms with Gasteiger partial charge in [0.1, 0.15) is 0 Å². The highest BCUT2D eigenvalue weighted by atomic mass is 15.1. The zero-order chi connectivity index (χ0) is 14.4. The van der Waals surface area contributed by atoms with Gasteiger partial charge in [0, 0.05) is 29.1 Å². The molecule has 0 radical (unpaired) electrons. The van der Waals surface area contributed by atoms with E-state index >= 15 is 0 Å². The number of rotatable bonds is 4. The van der Waals surface area contributed by atoms with Crippen LogP contribution < -0.4 is 10.6 Å². The van der Waals surface area contributed by atoms with Crippen molar-refractivity contribution in [2.75, 3.05) is 0 Å². The molecule has 0 heterocycles. The zero-order valence-electron chi connectivity index (χ0n) is 13.2. The van der Waals surface area contributed by atoms with Crippen LogP contribution in [0.2, 0.25) is 0 Å². The smallest absolute Gasteiger partial charge is 0.0187 e. The molecular formula is C18H28N2. The van der Waals surface area contributed by atoms with Crippen LogP contribution in [0, 0.1) is 0 Å². The van der Waals surface area contributed by atoms with Gasteiger partial charge in [-0.05, 0) is 52.5 Å². The fraction of sp³-hybridized carbons (Fsp3) is 0.667. The second kappa shape index (κ2) is 4.85. The van der Waals surface area contributed by atoms with Gasteiger partial charge in [-0.25, -0.2) is 0 Å². The molecule has 20 heavy (non-hydrogen) atoms. The highest BCUT2D eigenvalue weighted by molar-refractivity contribution is 5.28. The van der Waals surface area contributed by atoms with E-state index < -0.39 is 0 Å². The van der Waals surface area contributed by atoms with Crippen molar-refractivity contribution < 1.29 is 0 Å². The minimum atomic E-state index is 0.214. The molecule has 2 fully saturated rings. The van der Waals surface area contributed by atoms with E-state index in [1.807, 2.05) is 0 Å². The van der Waals surface area contributed by atoms with Gasteiger partial charge in [0.2, 0.25) is 0 Å². The number of benzene rings is 1. The van der Waals surface area contributed by atoms with Gasteiger partial charge in [-0.2, -0.15) is 0 Å². The summed E-state index contributed by atoms with van der Waals surface area (Å²) in [5, 5.41) is 7.60. The Morgan fingerprint density at radius 2 is 1.75 bits per heavy atom. The molecule has 0 unspecified atom stereocenters. The maximum atomic E-state index is 3.84. The predicted molar refractivity (Wildman–Crippen MR) is 85.0 cm³/mol. The van der Waals surface area contributed by atoms with Crippen LogP contribution >= 0.6 is 0 Å². The van der Waals surface area contributed by atoms with E-state index in [4.69, 9.17) is 0 Å². The Labute approximate surface area is 123 Å². The summed E-state index contributed by atoms with van der Waals surface area (Å²) < 4.78 is 0. The largest absolute Gasteiger partial charge is 0.310 e. The molecule has 0 saturated heterocycles. The van der Waals surface area contributed by atoms with E-state index in [9.17, 15) is 0 Å². The summed E-state index contributed by atoms with van der Waals surface area (Å²) in [5.74, 6) is 0.749. The lowest BCUT2D eigenvalue weighted by Crippen LogP contribution is -2.64. The van der Waals surface area contributed by atoms with Crippen LogP contribution in [0.15, 0.2) is 30.3 Å². The van der Waals surface area contributed by atoms with E-state index in [1.165, 1.54) is 24.8 Å². The summed E-state index contributed by atoms with van der Waals surface area (Å²) >= 11 is 0. The Balaban J connectivity index is 1.45. The number of hydrogen-bond acceptors (Lipinski definition) is 2.